The van der Waals surface area contributed by atoms with Crippen LogP contribution in [0.2, 0.25) is 0 Å². The molecule has 96 valence electrons. The van der Waals surface area contributed by atoms with E-state index in [1.54, 1.807) is 6.07 Å². The molecule has 3 rings (SSSR count). The molecule has 0 radical (unpaired) electrons. The van der Waals surface area contributed by atoms with Crippen LogP contribution in [0.15, 0.2) is 46.9 Å². The number of fused-ring (bicyclic) bond motifs is 1. The van der Waals surface area contributed by atoms with E-state index in [2.05, 4.69) is 0 Å². The van der Waals surface area contributed by atoms with E-state index in [0.717, 1.165) is 22.1 Å². The number of rotatable bonds is 2. The van der Waals surface area contributed by atoms with Gasteiger partial charge in [0.15, 0.2) is 0 Å². The van der Waals surface area contributed by atoms with Crippen molar-refractivity contribution in [3.8, 4) is 11.3 Å². The van der Waals surface area contributed by atoms with Gasteiger partial charge >= 0.3 is 0 Å². The summed E-state index contributed by atoms with van der Waals surface area (Å²) in [6, 6.07) is 12.7. The van der Waals surface area contributed by atoms with E-state index in [0.29, 0.717) is 17.9 Å². The molecule has 0 unspecified atom stereocenters. The number of furan rings is 1. The van der Waals surface area contributed by atoms with Crippen LogP contribution in [-0.4, -0.2) is 0 Å². The number of hydrogen-bond donors (Lipinski definition) is 1. The average Bonchev–Trinajstić information content (AvgIpc) is 2.83. The first kappa shape index (κ1) is 11.9. The van der Waals surface area contributed by atoms with Crippen molar-refractivity contribution in [2.45, 2.75) is 13.5 Å². The fourth-order valence-corrected chi connectivity index (χ4v) is 2.23. The smallest absolute Gasteiger partial charge is 0.138 e. The summed E-state index contributed by atoms with van der Waals surface area (Å²) in [6.07, 6.45) is 0. The molecule has 19 heavy (non-hydrogen) atoms. The zero-order valence-electron chi connectivity index (χ0n) is 10.6. The fourth-order valence-electron chi connectivity index (χ4n) is 2.23. The lowest BCUT2D eigenvalue weighted by molar-refractivity contribution is 0.599. The maximum Gasteiger partial charge on any atom is 0.138 e. The highest BCUT2D eigenvalue weighted by molar-refractivity contribution is 5.85. The summed E-state index contributed by atoms with van der Waals surface area (Å²) in [5.74, 6) is 0.241. The number of para-hydroxylation sites is 1. The van der Waals surface area contributed by atoms with E-state index >= 15 is 0 Å². The van der Waals surface area contributed by atoms with Crippen molar-refractivity contribution in [1.29, 1.82) is 0 Å². The summed E-state index contributed by atoms with van der Waals surface area (Å²) in [6.45, 7) is 2.31. The Morgan fingerprint density at radius 1 is 1.16 bits per heavy atom. The second-order valence-electron chi connectivity index (χ2n) is 4.62. The zero-order valence-corrected chi connectivity index (χ0v) is 10.6. The highest BCUT2D eigenvalue weighted by Gasteiger charge is 2.12. The third-order valence-corrected chi connectivity index (χ3v) is 3.28. The maximum atomic E-state index is 14.0. The number of aryl methyl sites for hydroxylation is 1. The molecule has 0 saturated heterocycles. The van der Waals surface area contributed by atoms with Gasteiger partial charge in [0.2, 0.25) is 0 Å². The second kappa shape index (κ2) is 4.52. The molecule has 0 spiro atoms. The minimum absolute atomic E-state index is 0.306. The van der Waals surface area contributed by atoms with Crippen molar-refractivity contribution >= 4 is 11.0 Å². The Kier molecular flexibility index (Phi) is 2.84. The quantitative estimate of drug-likeness (QED) is 0.751. The lowest BCUT2D eigenvalue weighted by Gasteiger charge is -2.02. The molecular formula is C16H14FNO. The zero-order chi connectivity index (χ0) is 13.4. The molecule has 0 aliphatic carbocycles. The molecule has 0 amide bonds. The van der Waals surface area contributed by atoms with Crippen molar-refractivity contribution < 1.29 is 8.81 Å². The van der Waals surface area contributed by atoms with Gasteiger partial charge in [-0.15, -0.1) is 0 Å². The van der Waals surface area contributed by atoms with E-state index in [1.807, 2.05) is 37.3 Å². The first-order valence-electron chi connectivity index (χ1n) is 6.17. The highest BCUT2D eigenvalue weighted by Crippen LogP contribution is 2.31. The number of nitrogens with two attached hydrogens (primary N) is 1. The summed E-state index contributed by atoms with van der Waals surface area (Å²) in [5, 5.41) is 0.984. The molecule has 2 aromatic carbocycles. The Hall–Kier alpha value is -2.13. The summed E-state index contributed by atoms with van der Waals surface area (Å²) in [4.78, 5) is 0. The first-order valence-corrected chi connectivity index (χ1v) is 6.17. The molecule has 3 aromatic rings. The third-order valence-electron chi connectivity index (χ3n) is 3.28. The van der Waals surface area contributed by atoms with Crippen LogP contribution in [-0.2, 0) is 6.54 Å². The lowest BCUT2D eigenvalue weighted by atomic mass is 10.1. The van der Waals surface area contributed by atoms with Gasteiger partial charge in [0, 0.05) is 11.9 Å². The molecule has 2 N–H and O–H groups in total. The van der Waals surface area contributed by atoms with Gasteiger partial charge in [-0.3, -0.25) is 0 Å². The van der Waals surface area contributed by atoms with Gasteiger partial charge in [0.05, 0.1) is 5.56 Å². The lowest BCUT2D eigenvalue weighted by Crippen LogP contribution is -1.97. The SMILES string of the molecule is Cc1cccc2cc(-c3ccc(CN)cc3F)oc12. The molecule has 1 heterocycles. The highest BCUT2D eigenvalue weighted by atomic mass is 19.1. The molecule has 2 nitrogen and oxygen atoms in total. The number of halogens is 1. The largest absolute Gasteiger partial charge is 0.456 e. The molecular weight excluding hydrogens is 241 g/mol. The van der Waals surface area contributed by atoms with Crippen LogP contribution in [0.5, 0.6) is 0 Å². The van der Waals surface area contributed by atoms with Gasteiger partial charge < -0.3 is 10.2 Å². The Balaban J connectivity index is 2.16. The van der Waals surface area contributed by atoms with Gasteiger partial charge in [-0.1, -0.05) is 24.3 Å². The van der Waals surface area contributed by atoms with Gasteiger partial charge in [-0.05, 0) is 36.2 Å². The van der Waals surface area contributed by atoms with E-state index in [1.165, 1.54) is 6.07 Å². The van der Waals surface area contributed by atoms with Gasteiger partial charge in [0.1, 0.15) is 17.2 Å². The van der Waals surface area contributed by atoms with E-state index in [-0.39, 0.29) is 5.82 Å². The Morgan fingerprint density at radius 3 is 2.68 bits per heavy atom. The van der Waals surface area contributed by atoms with Crippen molar-refractivity contribution in [2.75, 3.05) is 0 Å². The summed E-state index contributed by atoms with van der Waals surface area (Å²) < 4.78 is 19.8. The third kappa shape index (κ3) is 2.02. The minimum Gasteiger partial charge on any atom is -0.456 e. The Morgan fingerprint density at radius 2 is 2.00 bits per heavy atom. The second-order valence-corrected chi connectivity index (χ2v) is 4.62. The van der Waals surface area contributed by atoms with Gasteiger partial charge in [0.25, 0.3) is 0 Å². The molecule has 3 heteroatoms. The van der Waals surface area contributed by atoms with Gasteiger partial charge in [-0.2, -0.15) is 0 Å². The normalized spacial score (nSPS) is 11.1. The van der Waals surface area contributed by atoms with Crippen LogP contribution in [0.3, 0.4) is 0 Å². The van der Waals surface area contributed by atoms with Crippen LogP contribution < -0.4 is 5.73 Å². The average molecular weight is 255 g/mol. The Bertz CT molecular complexity index is 746. The Labute approximate surface area is 110 Å². The molecule has 0 bridgehead atoms. The monoisotopic (exact) mass is 255 g/mol. The topological polar surface area (TPSA) is 39.2 Å². The minimum atomic E-state index is -0.306. The fraction of sp³-hybridized carbons (Fsp3) is 0.125. The number of benzene rings is 2. The van der Waals surface area contributed by atoms with Crippen molar-refractivity contribution in [3.05, 3.63) is 59.4 Å². The molecule has 0 saturated carbocycles. The molecule has 0 aliphatic heterocycles. The maximum absolute atomic E-state index is 14.0. The van der Waals surface area contributed by atoms with Crippen LogP contribution in [0.1, 0.15) is 11.1 Å². The van der Waals surface area contributed by atoms with Crippen LogP contribution in [0.25, 0.3) is 22.3 Å². The van der Waals surface area contributed by atoms with Crippen LogP contribution >= 0.6 is 0 Å². The van der Waals surface area contributed by atoms with Crippen LogP contribution in [0.4, 0.5) is 4.39 Å². The van der Waals surface area contributed by atoms with E-state index in [4.69, 9.17) is 10.2 Å². The number of hydrogen-bond acceptors (Lipinski definition) is 2. The summed E-state index contributed by atoms with van der Waals surface area (Å²) in [5.41, 5.74) is 8.59. The predicted molar refractivity (Wildman–Crippen MR) is 74.2 cm³/mol. The van der Waals surface area contributed by atoms with Crippen molar-refractivity contribution in [2.24, 2.45) is 5.73 Å². The van der Waals surface area contributed by atoms with Crippen molar-refractivity contribution in [1.82, 2.24) is 0 Å². The standard InChI is InChI=1S/C16H14FNO/c1-10-3-2-4-12-8-15(19-16(10)12)13-6-5-11(9-18)7-14(13)17/h2-8H,9,18H2,1H3. The van der Waals surface area contributed by atoms with Crippen molar-refractivity contribution in [3.63, 3.8) is 0 Å². The molecule has 1 aromatic heterocycles. The summed E-state index contributed by atoms with van der Waals surface area (Å²) >= 11 is 0. The summed E-state index contributed by atoms with van der Waals surface area (Å²) in [7, 11) is 0. The van der Waals surface area contributed by atoms with E-state index in [9.17, 15) is 4.39 Å². The van der Waals surface area contributed by atoms with Crippen LogP contribution in [0, 0.1) is 12.7 Å². The molecule has 0 aliphatic rings. The van der Waals surface area contributed by atoms with E-state index < -0.39 is 0 Å². The van der Waals surface area contributed by atoms with Gasteiger partial charge in [-0.25, -0.2) is 4.39 Å². The molecule has 0 atom stereocenters. The molecule has 0 fully saturated rings. The predicted octanol–water partition coefficient (Wildman–Crippen LogP) is 4.01. The first-order chi connectivity index (χ1) is 9.19.